The Morgan fingerprint density at radius 1 is 1.35 bits per heavy atom. The van der Waals surface area contributed by atoms with Crippen molar-refractivity contribution in [1.29, 1.82) is 0 Å². The molecule has 1 heterocycles. The van der Waals surface area contributed by atoms with Crippen LogP contribution in [-0.2, 0) is 0 Å². The number of hydrogen-bond donors (Lipinski definition) is 2. The lowest BCUT2D eigenvalue weighted by molar-refractivity contribution is 0.0702. The molecule has 0 aliphatic carbocycles. The van der Waals surface area contributed by atoms with Gasteiger partial charge in [-0.2, -0.15) is 0 Å². The van der Waals surface area contributed by atoms with E-state index in [0.29, 0.717) is 4.88 Å². The fourth-order valence-corrected chi connectivity index (χ4v) is 2.31. The average molecular weight is 255 g/mol. The molecule has 0 aliphatic heterocycles. The van der Waals surface area contributed by atoms with Crippen LogP contribution < -0.4 is 5.32 Å². The van der Waals surface area contributed by atoms with Crippen LogP contribution in [0.5, 0.6) is 0 Å². The standard InChI is InChI=1S/C12H17NO3S/c1-3-5-8(4-2)13-11(14)9-6-7-10(17-9)12(15)16/h6-8H,3-5H2,1-2H3,(H,13,14)(H,15,16). The first kappa shape index (κ1) is 13.7. The van der Waals surface area contributed by atoms with E-state index in [1.165, 1.54) is 6.07 Å². The van der Waals surface area contributed by atoms with Crippen molar-refractivity contribution in [3.63, 3.8) is 0 Å². The number of rotatable bonds is 6. The van der Waals surface area contributed by atoms with Crippen molar-refractivity contribution in [2.75, 3.05) is 0 Å². The zero-order valence-electron chi connectivity index (χ0n) is 10.0. The molecule has 0 bridgehead atoms. The summed E-state index contributed by atoms with van der Waals surface area (Å²) in [5.41, 5.74) is 0. The van der Waals surface area contributed by atoms with Crippen molar-refractivity contribution in [3.8, 4) is 0 Å². The van der Waals surface area contributed by atoms with E-state index in [1.54, 1.807) is 6.07 Å². The van der Waals surface area contributed by atoms with Crippen LogP contribution in [0.15, 0.2) is 12.1 Å². The number of aromatic carboxylic acids is 1. The van der Waals surface area contributed by atoms with Gasteiger partial charge >= 0.3 is 5.97 Å². The van der Waals surface area contributed by atoms with Crippen LogP contribution in [0.1, 0.15) is 52.5 Å². The van der Waals surface area contributed by atoms with Gasteiger partial charge in [-0.15, -0.1) is 11.3 Å². The van der Waals surface area contributed by atoms with Gasteiger partial charge in [0.2, 0.25) is 0 Å². The summed E-state index contributed by atoms with van der Waals surface area (Å²) in [6.07, 6.45) is 2.85. The Kier molecular flexibility index (Phi) is 5.15. The average Bonchev–Trinajstić information content (AvgIpc) is 2.77. The fraction of sp³-hybridized carbons (Fsp3) is 0.500. The van der Waals surface area contributed by atoms with Gasteiger partial charge in [0.1, 0.15) is 4.88 Å². The van der Waals surface area contributed by atoms with Crippen molar-refractivity contribution < 1.29 is 14.7 Å². The lowest BCUT2D eigenvalue weighted by Gasteiger charge is -2.15. The fourth-order valence-electron chi connectivity index (χ4n) is 1.56. The van der Waals surface area contributed by atoms with Gasteiger partial charge < -0.3 is 10.4 Å². The number of carboxylic acids is 1. The number of carbonyl (C=O) groups is 2. The Hall–Kier alpha value is -1.36. The molecule has 0 aliphatic rings. The molecule has 17 heavy (non-hydrogen) atoms. The summed E-state index contributed by atoms with van der Waals surface area (Å²) in [6, 6.07) is 3.19. The molecular weight excluding hydrogens is 238 g/mol. The molecule has 1 atom stereocenters. The lowest BCUT2D eigenvalue weighted by Crippen LogP contribution is -2.33. The van der Waals surface area contributed by atoms with Crippen molar-refractivity contribution >= 4 is 23.2 Å². The molecule has 1 unspecified atom stereocenters. The Morgan fingerprint density at radius 3 is 2.47 bits per heavy atom. The van der Waals surface area contributed by atoms with Crippen molar-refractivity contribution in [2.45, 2.75) is 39.2 Å². The van der Waals surface area contributed by atoms with E-state index in [-0.39, 0.29) is 16.8 Å². The summed E-state index contributed by atoms with van der Waals surface area (Å²) >= 11 is 1.01. The third-order valence-electron chi connectivity index (χ3n) is 2.51. The molecule has 0 aromatic carbocycles. The second kappa shape index (κ2) is 6.39. The topological polar surface area (TPSA) is 66.4 Å². The third-order valence-corrected chi connectivity index (χ3v) is 3.58. The van der Waals surface area contributed by atoms with Crippen LogP contribution in [0.2, 0.25) is 0 Å². The van der Waals surface area contributed by atoms with Gasteiger partial charge in [0.15, 0.2) is 0 Å². The molecule has 1 aromatic rings. The molecular formula is C12H17NO3S. The van der Waals surface area contributed by atoms with E-state index >= 15 is 0 Å². The van der Waals surface area contributed by atoms with Crippen LogP contribution in [0, 0.1) is 0 Å². The summed E-state index contributed by atoms with van der Waals surface area (Å²) in [5.74, 6) is -1.17. The third kappa shape index (κ3) is 3.85. The summed E-state index contributed by atoms with van der Waals surface area (Å²) in [4.78, 5) is 23.2. The minimum Gasteiger partial charge on any atom is -0.477 e. The second-order valence-corrected chi connectivity index (χ2v) is 4.92. The Bertz CT molecular complexity index is 400. The van der Waals surface area contributed by atoms with Gasteiger partial charge in [-0.3, -0.25) is 4.79 Å². The van der Waals surface area contributed by atoms with Crippen LogP contribution in [0.3, 0.4) is 0 Å². The zero-order valence-corrected chi connectivity index (χ0v) is 10.8. The molecule has 0 radical (unpaired) electrons. The van der Waals surface area contributed by atoms with Gasteiger partial charge in [0.25, 0.3) is 5.91 Å². The maximum Gasteiger partial charge on any atom is 0.345 e. The first-order valence-corrected chi connectivity index (χ1v) is 6.54. The molecule has 0 spiro atoms. The molecule has 1 aromatic heterocycles. The highest BCUT2D eigenvalue weighted by Crippen LogP contribution is 2.16. The van der Waals surface area contributed by atoms with Gasteiger partial charge in [-0.05, 0) is 25.0 Å². The maximum absolute atomic E-state index is 11.8. The van der Waals surface area contributed by atoms with Crippen LogP contribution in [-0.4, -0.2) is 23.0 Å². The molecule has 0 saturated carbocycles. The quantitative estimate of drug-likeness (QED) is 0.821. The van der Waals surface area contributed by atoms with E-state index in [1.807, 2.05) is 6.92 Å². The highest BCUT2D eigenvalue weighted by Gasteiger charge is 2.15. The Morgan fingerprint density at radius 2 is 2.00 bits per heavy atom. The smallest absolute Gasteiger partial charge is 0.345 e. The predicted molar refractivity (Wildman–Crippen MR) is 67.7 cm³/mol. The minimum absolute atomic E-state index is 0.169. The lowest BCUT2D eigenvalue weighted by atomic mass is 10.1. The molecule has 2 N–H and O–H groups in total. The summed E-state index contributed by atoms with van der Waals surface area (Å²) in [7, 11) is 0. The van der Waals surface area contributed by atoms with Gasteiger partial charge in [-0.25, -0.2) is 4.79 Å². The van der Waals surface area contributed by atoms with Crippen molar-refractivity contribution in [2.24, 2.45) is 0 Å². The first-order valence-electron chi connectivity index (χ1n) is 5.72. The van der Waals surface area contributed by atoms with Crippen molar-refractivity contribution in [1.82, 2.24) is 5.32 Å². The van der Waals surface area contributed by atoms with E-state index in [9.17, 15) is 9.59 Å². The number of amides is 1. The summed E-state index contributed by atoms with van der Waals surface area (Å²) in [5, 5.41) is 11.7. The van der Waals surface area contributed by atoms with E-state index in [0.717, 1.165) is 30.6 Å². The van der Waals surface area contributed by atoms with E-state index in [4.69, 9.17) is 5.11 Å². The van der Waals surface area contributed by atoms with Gasteiger partial charge in [-0.1, -0.05) is 20.3 Å². The highest BCUT2D eigenvalue weighted by atomic mass is 32.1. The van der Waals surface area contributed by atoms with Crippen molar-refractivity contribution in [3.05, 3.63) is 21.9 Å². The monoisotopic (exact) mass is 255 g/mol. The van der Waals surface area contributed by atoms with E-state index < -0.39 is 5.97 Å². The second-order valence-electron chi connectivity index (χ2n) is 3.84. The summed E-state index contributed by atoms with van der Waals surface area (Å²) in [6.45, 7) is 4.10. The molecule has 4 nitrogen and oxygen atoms in total. The van der Waals surface area contributed by atoms with Crippen LogP contribution in [0.25, 0.3) is 0 Å². The normalized spacial score (nSPS) is 12.1. The zero-order chi connectivity index (χ0) is 12.8. The Balaban J connectivity index is 2.65. The van der Waals surface area contributed by atoms with Crippen LogP contribution in [0.4, 0.5) is 0 Å². The minimum atomic E-state index is -0.991. The maximum atomic E-state index is 11.8. The predicted octanol–water partition coefficient (Wildman–Crippen LogP) is 2.75. The Labute approximate surface area is 105 Å². The van der Waals surface area contributed by atoms with Gasteiger partial charge in [0.05, 0.1) is 4.88 Å². The molecule has 0 saturated heterocycles. The SMILES string of the molecule is CCCC(CC)NC(=O)c1ccc(C(=O)O)s1. The molecule has 1 rings (SSSR count). The molecule has 5 heteroatoms. The number of thiophene rings is 1. The molecule has 1 amide bonds. The number of carboxylic acid groups (broad SMARTS) is 1. The number of hydrogen-bond acceptors (Lipinski definition) is 3. The number of carbonyl (C=O) groups excluding carboxylic acids is 1. The van der Waals surface area contributed by atoms with E-state index in [2.05, 4.69) is 12.2 Å². The first-order chi connectivity index (χ1) is 8.08. The van der Waals surface area contributed by atoms with Crippen LogP contribution >= 0.6 is 11.3 Å². The highest BCUT2D eigenvalue weighted by molar-refractivity contribution is 7.15. The molecule has 0 fully saturated rings. The summed E-state index contributed by atoms with van der Waals surface area (Å²) < 4.78 is 0. The largest absolute Gasteiger partial charge is 0.477 e. The molecule has 94 valence electrons. The number of nitrogens with one attached hydrogen (secondary N) is 1. The van der Waals surface area contributed by atoms with Gasteiger partial charge in [0, 0.05) is 6.04 Å².